The topological polar surface area (TPSA) is 55.8 Å². The van der Waals surface area contributed by atoms with E-state index >= 15 is 0 Å². The van der Waals surface area contributed by atoms with Crippen molar-refractivity contribution in [3.8, 4) is 0 Å². The predicted molar refractivity (Wildman–Crippen MR) is 209 cm³/mol. The van der Waals surface area contributed by atoms with Crippen molar-refractivity contribution in [3.05, 3.63) is 0 Å². The molecule has 0 aromatic rings. The molecule has 0 aliphatic carbocycles. The van der Waals surface area contributed by atoms with Gasteiger partial charge in [-0.15, -0.1) is 0 Å². The van der Waals surface area contributed by atoms with Crippen LogP contribution in [0.5, 0.6) is 0 Å². The van der Waals surface area contributed by atoms with Gasteiger partial charge in [0.05, 0.1) is 27.2 Å². The fraction of sp³-hybridized carbons (Fsp3) is 0.977. The number of ether oxygens (including phenoxy) is 2. The monoisotopic (exact) mass is 683 g/mol. The zero-order valence-electron chi connectivity index (χ0n) is 33.4. The predicted octanol–water partition coefficient (Wildman–Crippen LogP) is 13.1. The van der Waals surface area contributed by atoms with Gasteiger partial charge in [-0.05, 0) is 32.1 Å². The Balaban J connectivity index is 4.08. The number of rotatable bonds is 41. The van der Waals surface area contributed by atoms with Crippen molar-refractivity contribution < 1.29 is 23.9 Å². The molecule has 0 aromatic carbocycles. The molecule has 0 saturated carbocycles. The molecule has 0 aromatic heterocycles. The van der Waals surface area contributed by atoms with Crippen LogP contribution in [0, 0.1) is 0 Å². The van der Waals surface area contributed by atoms with E-state index in [9.17, 15) is 4.79 Å². The van der Waals surface area contributed by atoms with Crippen LogP contribution >= 0.6 is 0 Å². The van der Waals surface area contributed by atoms with Gasteiger partial charge < -0.3 is 19.1 Å². The number of unbranched alkanes of at least 4 members (excludes halogenated alkanes) is 28. The molecule has 0 aliphatic rings. The molecule has 0 rings (SSSR count). The van der Waals surface area contributed by atoms with Gasteiger partial charge in [0.25, 0.3) is 0 Å². The van der Waals surface area contributed by atoms with E-state index in [0.29, 0.717) is 6.61 Å². The highest BCUT2D eigenvalue weighted by Crippen LogP contribution is 2.15. The van der Waals surface area contributed by atoms with Crippen LogP contribution < -0.4 is 0 Å². The minimum absolute atomic E-state index is 0.132. The summed E-state index contributed by atoms with van der Waals surface area (Å²) in [6, 6.07) is 0. The lowest BCUT2D eigenvalue weighted by Crippen LogP contribution is -2.48. The average molecular weight is 683 g/mol. The van der Waals surface area contributed by atoms with Crippen molar-refractivity contribution in [3.63, 3.8) is 0 Å². The van der Waals surface area contributed by atoms with Gasteiger partial charge in [-0.2, -0.15) is 0 Å². The fourth-order valence-electron chi connectivity index (χ4n) is 6.95. The number of carboxylic acids is 1. The Morgan fingerprint density at radius 2 is 0.854 bits per heavy atom. The quantitative estimate of drug-likeness (QED) is 0.0515. The highest BCUT2D eigenvalue weighted by molar-refractivity contribution is 5.66. The maximum atomic E-state index is 10.8. The molecule has 0 spiro atoms. The van der Waals surface area contributed by atoms with E-state index in [0.717, 1.165) is 62.9 Å². The Labute approximate surface area is 301 Å². The van der Waals surface area contributed by atoms with Crippen molar-refractivity contribution in [1.29, 1.82) is 0 Å². The van der Waals surface area contributed by atoms with E-state index in [1.54, 1.807) is 0 Å². The molecule has 0 saturated heterocycles. The molecule has 5 nitrogen and oxygen atoms in total. The molecular weight excluding hydrogens is 594 g/mol. The number of nitrogens with zero attached hydrogens (tertiary/aromatic N) is 1. The van der Waals surface area contributed by atoms with E-state index in [4.69, 9.17) is 14.6 Å². The van der Waals surface area contributed by atoms with Gasteiger partial charge in [-0.3, -0.25) is 4.79 Å². The number of likely N-dealkylation sites (N-methyl/N-ethyl adjacent to an activating group) is 1. The number of carbonyl (C=O) groups is 1. The largest absolute Gasteiger partial charge is 0.481 e. The van der Waals surface area contributed by atoms with Gasteiger partial charge in [-0.25, -0.2) is 0 Å². The van der Waals surface area contributed by atoms with Crippen LogP contribution in [-0.2, 0) is 14.3 Å². The van der Waals surface area contributed by atoms with Crippen LogP contribution in [-0.4, -0.2) is 68.7 Å². The van der Waals surface area contributed by atoms with Crippen molar-refractivity contribution in [2.75, 3.05) is 47.0 Å². The van der Waals surface area contributed by atoms with E-state index in [-0.39, 0.29) is 12.5 Å². The number of aliphatic carboxylic acids is 1. The highest BCUT2D eigenvalue weighted by atomic mass is 16.5. The first-order chi connectivity index (χ1) is 23.4. The first kappa shape index (κ1) is 47.4. The minimum atomic E-state index is -0.684. The lowest BCUT2D eigenvalue weighted by atomic mass is 10.0. The molecule has 0 aliphatic heterocycles. The summed E-state index contributed by atoms with van der Waals surface area (Å²) in [5, 5.41) is 8.92. The second-order valence-electron chi connectivity index (χ2n) is 15.8. The summed E-state index contributed by atoms with van der Waals surface area (Å²) >= 11 is 0. The van der Waals surface area contributed by atoms with E-state index in [1.165, 1.54) is 167 Å². The Kier molecular flexibility index (Phi) is 37.1. The molecule has 0 heterocycles. The summed E-state index contributed by atoms with van der Waals surface area (Å²) in [5.74, 6) is -0.684. The molecule has 5 heteroatoms. The van der Waals surface area contributed by atoms with Crippen LogP contribution in [0.15, 0.2) is 0 Å². The maximum absolute atomic E-state index is 10.8. The number of carboxylic acid groups (broad SMARTS) is 1. The smallest absolute Gasteiger partial charge is 0.303 e. The van der Waals surface area contributed by atoms with E-state index in [2.05, 4.69) is 27.9 Å². The summed E-state index contributed by atoms with van der Waals surface area (Å²) in [6.45, 7) is 8.97. The third kappa shape index (κ3) is 38.2. The van der Waals surface area contributed by atoms with Crippen LogP contribution in [0.4, 0.5) is 0 Å². The van der Waals surface area contributed by atoms with Gasteiger partial charge in [0, 0.05) is 19.6 Å². The third-order valence-electron chi connectivity index (χ3n) is 10.1. The Bertz CT molecular complexity index is 640. The van der Waals surface area contributed by atoms with Gasteiger partial charge in [0.2, 0.25) is 0 Å². The second kappa shape index (κ2) is 37.6. The van der Waals surface area contributed by atoms with Crippen molar-refractivity contribution >= 4 is 5.97 Å². The Morgan fingerprint density at radius 1 is 0.500 bits per heavy atom. The number of hydrogen-bond acceptors (Lipinski definition) is 3. The van der Waals surface area contributed by atoms with Crippen LogP contribution in [0.25, 0.3) is 0 Å². The molecule has 1 N–H and O–H groups in total. The highest BCUT2D eigenvalue weighted by Gasteiger charge is 2.23. The second-order valence-corrected chi connectivity index (χ2v) is 15.8. The number of hydrogen-bond donors (Lipinski definition) is 1. The van der Waals surface area contributed by atoms with Gasteiger partial charge >= 0.3 is 5.97 Å². The lowest BCUT2D eigenvalue weighted by molar-refractivity contribution is -0.893. The molecule has 0 bridgehead atoms. The van der Waals surface area contributed by atoms with Crippen molar-refractivity contribution in [2.45, 2.75) is 225 Å². The van der Waals surface area contributed by atoms with Crippen molar-refractivity contribution in [1.82, 2.24) is 0 Å². The van der Waals surface area contributed by atoms with Gasteiger partial charge in [0.1, 0.15) is 12.6 Å². The molecule has 0 radical (unpaired) electrons. The zero-order valence-corrected chi connectivity index (χ0v) is 33.4. The molecule has 48 heavy (non-hydrogen) atoms. The van der Waals surface area contributed by atoms with E-state index in [1.807, 2.05) is 0 Å². The molecular formula is C43H88NO4+. The molecule has 1 atom stereocenters. The molecule has 1 unspecified atom stereocenters. The number of quaternary nitrogens is 1. The molecule has 0 amide bonds. The standard InChI is InChI=1S/C43H87NO4/c1-5-7-9-11-13-15-17-19-21-23-25-27-29-34-38-47-41-42(40-44(3,4)37-33-31-32-36-43(45)46)48-39-35-30-28-26-24-22-20-18-16-14-12-10-8-6-2/h42H,5-41H2,1-4H3/p+1. The minimum Gasteiger partial charge on any atom is -0.481 e. The average Bonchev–Trinajstić information content (AvgIpc) is 3.05. The van der Waals surface area contributed by atoms with Gasteiger partial charge in [0.15, 0.2) is 0 Å². The SMILES string of the molecule is CCCCCCCCCCCCCCCCOCC(C[N+](C)(C)CCCCCC(=O)O)OCCCCCCCCCCCCCCCC. The summed E-state index contributed by atoms with van der Waals surface area (Å²) in [4.78, 5) is 10.8. The Morgan fingerprint density at radius 3 is 1.25 bits per heavy atom. The van der Waals surface area contributed by atoms with Gasteiger partial charge in [-0.1, -0.05) is 181 Å². The molecule has 0 fully saturated rings. The summed E-state index contributed by atoms with van der Waals surface area (Å²) in [5.41, 5.74) is 0. The van der Waals surface area contributed by atoms with Crippen molar-refractivity contribution in [2.24, 2.45) is 0 Å². The summed E-state index contributed by atoms with van der Waals surface area (Å²) in [6.07, 6.45) is 41.8. The van der Waals surface area contributed by atoms with Crippen LogP contribution in [0.2, 0.25) is 0 Å². The fourth-order valence-corrected chi connectivity index (χ4v) is 6.95. The molecule has 288 valence electrons. The normalized spacial score (nSPS) is 12.6. The zero-order chi connectivity index (χ0) is 35.2. The van der Waals surface area contributed by atoms with E-state index < -0.39 is 5.97 Å². The summed E-state index contributed by atoms with van der Waals surface area (Å²) in [7, 11) is 4.57. The van der Waals surface area contributed by atoms with Crippen LogP contribution in [0.3, 0.4) is 0 Å². The first-order valence-corrected chi connectivity index (χ1v) is 21.6. The maximum Gasteiger partial charge on any atom is 0.303 e. The first-order valence-electron chi connectivity index (χ1n) is 21.6. The summed E-state index contributed by atoms with van der Waals surface area (Å²) < 4.78 is 13.5. The lowest BCUT2D eigenvalue weighted by Gasteiger charge is -2.33. The Hall–Kier alpha value is -0.650. The third-order valence-corrected chi connectivity index (χ3v) is 10.1. The van der Waals surface area contributed by atoms with Crippen LogP contribution in [0.1, 0.15) is 219 Å².